The summed E-state index contributed by atoms with van der Waals surface area (Å²) >= 11 is 0. The Kier molecular flexibility index (Phi) is 5.09. The van der Waals surface area contributed by atoms with Gasteiger partial charge in [0.15, 0.2) is 0 Å². The zero-order valence-electron chi connectivity index (χ0n) is 13.6. The van der Waals surface area contributed by atoms with Crippen molar-refractivity contribution >= 4 is 5.97 Å². The number of likely N-dealkylation sites (tertiary alicyclic amines) is 1. The van der Waals surface area contributed by atoms with Crippen molar-refractivity contribution in [2.45, 2.75) is 25.3 Å². The Bertz CT molecular complexity index is 646. The van der Waals surface area contributed by atoms with Crippen molar-refractivity contribution in [1.29, 1.82) is 0 Å². The number of carbonyl (C=O) groups is 1. The van der Waals surface area contributed by atoms with Gasteiger partial charge in [-0.05, 0) is 49.0 Å². The van der Waals surface area contributed by atoms with Gasteiger partial charge in [0, 0.05) is 6.54 Å². The highest BCUT2D eigenvalue weighted by Gasteiger charge is 2.24. The summed E-state index contributed by atoms with van der Waals surface area (Å²) < 4.78 is 4.92. The average molecular weight is 309 g/mol. The second-order valence-corrected chi connectivity index (χ2v) is 6.11. The van der Waals surface area contributed by atoms with E-state index < -0.39 is 0 Å². The second kappa shape index (κ2) is 7.42. The Hall–Kier alpha value is -2.13. The summed E-state index contributed by atoms with van der Waals surface area (Å²) in [6, 6.07) is 18.5. The molecule has 120 valence electrons. The van der Waals surface area contributed by atoms with Gasteiger partial charge < -0.3 is 4.74 Å². The number of methoxy groups -OCH3 is 1. The Morgan fingerprint density at radius 2 is 1.70 bits per heavy atom. The van der Waals surface area contributed by atoms with Gasteiger partial charge in [-0.3, -0.25) is 4.90 Å². The van der Waals surface area contributed by atoms with Crippen LogP contribution in [-0.4, -0.2) is 31.1 Å². The summed E-state index contributed by atoms with van der Waals surface area (Å²) in [6.45, 7) is 3.14. The fourth-order valence-corrected chi connectivity index (χ4v) is 3.39. The lowest BCUT2D eigenvalue weighted by Gasteiger charge is -2.32. The van der Waals surface area contributed by atoms with Crippen LogP contribution in [0, 0.1) is 0 Å². The number of hydrogen-bond acceptors (Lipinski definition) is 3. The first-order valence-electron chi connectivity index (χ1n) is 8.21. The summed E-state index contributed by atoms with van der Waals surface area (Å²) in [7, 11) is 1.45. The van der Waals surface area contributed by atoms with Crippen molar-refractivity contribution < 1.29 is 9.53 Å². The molecule has 2 aromatic rings. The summed E-state index contributed by atoms with van der Waals surface area (Å²) in [5.41, 5.74) is 3.22. The van der Waals surface area contributed by atoms with E-state index in [-0.39, 0.29) is 5.97 Å². The number of nitrogens with zero attached hydrogens (tertiary/aromatic N) is 1. The minimum absolute atomic E-state index is 0.229. The predicted octanol–water partition coefficient (Wildman–Crippen LogP) is 3.85. The molecule has 0 aliphatic carbocycles. The van der Waals surface area contributed by atoms with E-state index in [1.165, 1.54) is 12.7 Å². The number of carbonyl (C=O) groups excluding carboxylic acids is 1. The third-order valence-electron chi connectivity index (χ3n) is 4.64. The number of benzene rings is 2. The zero-order valence-corrected chi connectivity index (χ0v) is 13.6. The lowest BCUT2D eigenvalue weighted by Crippen LogP contribution is -2.32. The largest absolute Gasteiger partial charge is 0.465 e. The first-order chi connectivity index (χ1) is 11.3. The van der Waals surface area contributed by atoms with Crippen molar-refractivity contribution in [1.82, 2.24) is 4.90 Å². The standard InChI is InChI=1S/C20H23NO2/c1-23-20(22)19-10-6-5-9-18(19)17-11-13-21(14-12-17)15-16-7-3-2-4-8-16/h2-10,17H,11-15H2,1H3. The molecule has 0 bridgehead atoms. The minimum Gasteiger partial charge on any atom is -0.465 e. The molecule has 0 aromatic heterocycles. The van der Waals surface area contributed by atoms with Gasteiger partial charge in [-0.1, -0.05) is 48.5 Å². The van der Waals surface area contributed by atoms with Crippen LogP contribution in [-0.2, 0) is 11.3 Å². The smallest absolute Gasteiger partial charge is 0.338 e. The first-order valence-corrected chi connectivity index (χ1v) is 8.21. The first kappa shape index (κ1) is 15.8. The highest BCUT2D eigenvalue weighted by atomic mass is 16.5. The Labute approximate surface area is 137 Å². The van der Waals surface area contributed by atoms with Gasteiger partial charge in [0.05, 0.1) is 12.7 Å². The second-order valence-electron chi connectivity index (χ2n) is 6.11. The minimum atomic E-state index is -0.229. The van der Waals surface area contributed by atoms with Gasteiger partial charge in [0.1, 0.15) is 0 Å². The van der Waals surface area contributed by atoms with E-state index in [2.05, 4.69) is 41.3 Å². The number of esters is 1. The number of hydrogen-bond donors (Lipinski definition) is 0. The molecule has 1 heterocycles. The molecule has 1 aliphatic rings. The quantitative estimate of drug-likeness (QED) is 0.803. The topological polar surface area (TPSA) is 29.5 Å². The lowest BCUT2D eigenvalue weighted by molar-refractivity contribution is 0.0598. The molecule has 0 spiro atoms. The van der Waals surface area contributed by atoms with Crippen LogP contribution in [0.2, 0.25) is 0 Å². The summed E-state index contributed by atoms with van der Waals surface area (Å²) in [6.07, 6.45) is 2.17. The van der Waals surface area contributed by atoms with E-state index in [0.717, 1.165) is 43.6 Å². The molecule has 1 saturated heterocycles. The van der Waals surface area contributed by atoms with E-state index in [1.807, 2.05) is 18.2 Å². The van der Waals surface area contributed by atoms with Crippen LogP contribution in [0.15, 0.2) is 54.6 Å². The number of rotatable bonds is 4. The van der Waals surface area contributed by atoms with Crippen LogP contribution in [0.1, 0.15) is 40.2 Å². The fraction of sp³-hybridized carbons (Fsp3) is 0.350. The molecule has 0 saturated carbocycles. The van der Waals surface area contributed by atoms with Gasteiger partial charge in [-0.25, -0.2) is 4.79 Å². The molecule has 0 radical (unpaired) electrons. The van der Waals surface area contributed by atoms with Crippen molar-refractivity contribution in [3.63, 3.8) is 0 Å². The third kappa shape index (κ3) is 3.80. The predicted molar refractivity (Wildman–Crippen MR) is 91.5 cm³/mol. The maximum atomic E-state index is 11.9. The van der Waals surface area contributed by atoms with Crippen molar-refractivity contribution in [3.05, 3.63) is 71.3 Å². The zero-order chi connectivity index (χ0) is 16.1. The van der Waals surface area contributed by atoms with Gasteiger partial charge in [0.25, 0.3) is 0 Å². The van der Waals surface area contributed by atoms with Crippen LogP contribution < -0.4 is 0 Å². The average Bonchev–Trinajstić information content (AvgIpc) is 2.62. The van der Waals surface area contributed by atoms with Gasteiger partial charge in [-0.15, -0.1) is 0 Å². The van der Waals surface area contributed by atoms with Crippen molar-refractivity contribution in [3.8, 4) is 0 Å². The SMILES string of the molecule is COC(=O)c1ccccc1C1CCN(Cc2ccccc2)CC1. The highest BCUT2D eigenvalue weighted by molar-refractivity contribution is 5.91. The van der Waals surface area contributed by atoms with Crippen LogP contribution in [0.3, 0.4) is 0 Å². The molecule has 1 fully saturated rings. The number of ether oxygens (including phenoxy) is 1. The van der Waals surface area contributed by atoms with E-state index in [4.69, 9.17) is 4.74 Å². The molecule has 0 atom stereocenters. The Morgan fingerprint density at radius 3 is 2.39 bits per heavy atom. The molecular weight excluding hydrogens is 286 g/mol. The Balaban J connectivity index is 1.64. The molecule has 3 heteroatoms. The maximum absolute atomic E-state index is 11.9. The van der Waals surface area contributed by atoms with Crippen LogP contribution in [0.25, 0.3) is 0 Å². The molecule has 3 nitrogen and oxygen atoms in total. The third-order valence-corrected chi connectivity index (χ3v) is 4.64. The van der Waals surface area contributed by atoms with Gasteiger partial charge >= 0.3 is 5.97 Å². The normalized spacial score (nSPS) is 16.2. The molecule has 0 unspecified atom stereocenters. The van der Waals surface area contributed by atoms with Crippen molar-refractivity contribution in [2.24, 2.45) is 0 Å². The van der Waals surface area contributed by atoms with Crippen LogP contribution in [0.4, 0.5) is 0 Å². The highest BCUT2D eigenvalue weighted by Crippen LogP contribution is 2.31. The molecule has 23 heavy (non-hydrogen) atoms. The molecular formula is C20H23NO2. The molecule has 0 N–H and O–H groups in total. The van der Waals surface area contributed by atoms with E-state index >= 15 is 0 Å². The maximum Gasteiger partial charge on any atom is 0.338 e. The lowest BCUT2D eigenvalue weighted by atomic mass is 9.86. The van der Waals surface area contributed by atoms with Gasteiger partial charge in [-0.2, -0.15) is 0 Å². The monoisotopic (exact) mass is 309 g/mol. The van der Waals surface area contributed by atoms with E-state index in [9.17, 15) is 4.79 Å². The molecule has 2 aromatic carbocycles. The molecule has 3 rings (SSSR count). The Morgan fingerprint density at radius 1 is 1.04 bits per heavy atom. The summed E-state index contributed by atoms with van der Waals surface area (Å²) in [5.74, 6) is 0.213. The summed E-state index contributed by atoms with van der Waals surface area (Å²) in [4.78, 5) is 14.4. The van der Waals surface area contributed by atoms with E-state index in [0.29, 0.717) is 5.92 Å². The fourth-order valence-electron chi connectivity index (χ4n) is 3.39. The van der Waals surface area contributed by atoms with Crippen LogP contribution >= 0.6 is 0 Å². The van der Waals surface area contributed by atoms with Crippen LogP contribution in [0.5, 0.6) is 0 Å². The number of piperidine rings is 1. The molecule has 1 aliphatic heterocycles. The van der Waals surface area contributed by atoms with Crippen molar-refractivity contribution in [2.75, 3.05) is 20.2 Å². The van der Waals surface area contributed by atoms with E-state index in [1.54, 1.807) is 0 Å². The molecule has 0 amide bonds. The summed E-state index contributed by atoms with van der Waals surface area (Å²) in [5, 5.41) is 0. The van der Waals surface area contributed by atoms with Gasteiger partial charge in [0.2, 0.25) is 0 Å².